The van der Waals surface area contributed by atoms with E-state index in [1.807, 2.05) is 53.9 Å². The van der Waals surface area contributed by atoms with E-state index < -0.39 is 0 Å². The Morgan fingerprint density at radius 1 is 1.07 bits per heavy atom. The van der Waals surface area contributed by atoms with Crippen LogP contribution in [-0.2, 0) is 11.3 Å². The van der Waals surface area contributed by atoms with Gasteiger partial charge in [0.1, 0.15) is 0 Å². The van der Waals surface area contributed by atoms with Crippen LogP contribution in [0.5, 0.6) is 0 Å². The van der Waals surface area contributed by atoms with Gasteiger partial charge in [0.2, 0.25) is 0 Å². The molecule has 148 valence electrons. The van der Waals surface area contributed by atoms with E-state index in [1.165, 1.54) is 29.1 Å². The van der Waals surface area contributed by atoms with Gasteiger partial charge >= 0.3 is 0 Å². The van der Waals surface area contributed by atoms with Gasteiger partial charge in [-0.05, 0) is 53.3 Å². The molecular formula is C22H26N2O2S2. The zero-order valence-electron chi connectivity index (χ0n) is 15.9. The lowest BCUT2D eigenvalue weighted by atomic mass is 10.1. The molecule has 2 aliphatic rings. The Morgan fingerprint density at radius 3 is 2.68 bits per heavy atom. The Morgan fingerprint density at radius 2 is 1.86 bits per heavy atom. The van der Waals surface area contributed by atoms with Crippen molar-refractivity contribution >= 4 is 35.1 Å². The molecular weight excluding hydrogens is 388 g/mol. The van der Waals surface area contributed by atoms with Crippen molar-refractivity contribution in [3.8, 4) is 0 Å². The second-order valence-electron chi connectivity index (χ2n) is 7.10. The summed E-state index contributed by atoms with van der Waals surface area (Å²) in [6.45, 7) is 4.32. The number of rotatable bonds is 5. The molecule has 0 atom stereocenters. The first-order valence-electron chi connectivity index (χ1n) is 9.81. The van der Waals surface area contributed by atoms with Gasteiger partial charge in [0.25, 0.3) is 5.91 Å². The molecule has 1 amide bonds. The van der Waals surface area contributed by atoms with Gasteiger partial charge in [-0.1, -0.05) is 24.3 Å². The Balaban J connectivity index is 1.41. The number of amides is 1. The first kappa shape index (κ1) is 19.8. The first-order chi connectivity index (χ1) is 13.8. The fourth-order valence-corrected chi connectivity index (χ4v) is 6.35. The third kappa shape index (κ3) is 5.32. The summed E-state index contributed by atoms with van der Waals surface area (Å²) in [6.07, 6.45) is 1.28. The summed E-state index contributed by atoms with van der Waals surface area (Å²) in [6, 6.07) is 16.2. The predicted molar refractivity (Wildman–Crippen MR) is 119 cm³/mol. The zero-order valence-corrected chi connectivity index (χ0v) is 17.6. The Labute approximate surface area is 175 Å². The molecule has 4 rings (SSSR count). The van der Waals surface area contributed by atoms with Crippen LogP contribution in [0.2, 0.25) is 0 Å². The van der Waals surface area contributed by atoms with Gasteiger partial charge in [0.15, 0.2) is 0 Å². The monoisotopic (exact) mass is 414 g/mol. The van der Waals surface area contributed by atoms with Crippen molar-refractivity contribution in [2.24, 2.45) is 0 Å². The molecule has 2 aromatic carbocycles. The van der Waals surface area contributed by atoms with Gasteiger partial charge in [0.05, 0.1) is 17.8 Å². The molecule has 2 heterocycles. The highest BCUT2D eigenvalue weighted by Crippen LogP contribution is 2.44. The Bertz CT molecular complexity index is 803. The topological polar surface area (TPSA) is 41.6 Å². The van der Waals surface area contributed by atoms with Crippen LogP contribution < -0.4 is 5.32 Å². The Kier molecular flexibility index (Phi) is 6.96. The average molecular weight is 415 g/mol. The number of ether oxygens (including phenoxy) is 1. The highest BCUT2D eigenvalue weighted by Gasteiger charge is 2.17. The molecule has 6 heteroatoms. The molecule has 0 aromatic heterocycles. The van der Waals surface area contributed by atoms with E-state index in [2.05, 4.69) is 28.4 Å². The number of nitrogens with one attached hydrogen (secondary N) is 1. The molecule has 2 aliphatic heterocycles. The molecule has 4 nitrogen and oxygen atoms in total. The van der Waals surface area contributed by atoms with Gasteiger partial charge in [0, 0.05) is 30.9 Å². The zero-order chi connectivity index (χ0) is 19.2. The van der Waals surface area contributed by atoms with Crippen LogP contribution in [0, 0.1) is 0 Å². The standard InChI is InChI=1S/C22H26N2O2S2/c25-21(18-5-1-4-17(14-18)16-24-8-10-26-11-9-24)23-20-7-2-6-19(15-20)22-27-12-3-13-28-22/h1-2,4-7,14-15,22H,3,8-13,16H2,(H,23,25). The summed E-state index contributed by atoms with van der Waals surface area (Å²) in [5.41, 5.74) is 4.03. The second kappa shape index (κ2) is 9.83. The van der Waals surface area contributed by atoms with E-state index in [-0.39, 0.29) is 5.91 Å². The summed E-state index contributed by atoms with van der Waals surface area (Å²) in [5.74, 6) is 2.37. The molecule has 0 saturated carbocycles. The predicted octanol–water partition coefficient (Wildman–Crippen LogP) is 4.64. The lowest BCUT2D eigenvalue weighted by molar-refractivity contribution is 0.0342. The van der Waals surface area contributed by atoms with Gasteiger partial charge in [-0.25, -0.2) is 0 Å². The maximum absolute atomic E-state index is 12.8. The average Bonchev–Trinajstić information content (AvgIpc) is 2.75. The van der Waals surface area contributed by atoms with Crippen LogP contribution in [0.25, 0.3) is 0 Å². The van der Waals surface area contributed by atoms with Crippen molar-refractivity contribution < 1.29 is 9.53 Å². The third-order valence-corrected chi connectivity index (χ3v) is 7.96. The molecule has 2 saturated heterocycles. The lowest BCUT2D eigenvalue weighted by Gasteiger charge is -2.26. The van der Waals surface area contributed by atoms with E-state index in [0.717, 1.165) is 38.5 Å². The maximum atomic E-state index is 12.8. The molecule has 0 aliphatic carbocycles. The van der Waals surface area contributed by atoms with E-state index in [4.69, 9.17) is 4.74 Å². The molecule has 0 bridgehead atoms. The van der Waals surface area contributed by atoms with Gasteiger partial charge in [-0.3, -0.25) is 9.69 Å². The first-order valence-corrected chi connectivity index (χ1v) is 11.9. The molecule has 0 spiro atoms. The van der Waals surface area contributed by atoms with Crippen molar-refractivity contribution in [2.75, 3.05) is 43.1 Å². The van der Waals surface area contributed by atoms with E-state index >= 15 is 0 Å². The second-order valence-corrected chi connectivity index (χ2v) is 9.82. The summed E-state index contributed by atoms with van der Waals surface area (Å²) in [7, 11) is 0. The van der Waals surface area contributed by atoms with Crippen LogP contribution in [0.15, 0.2) is 48.5 Å². The molecule has 1 N–H and O–H groups in total. The molecule has 0 radical (unpaired) electrons. The smallest absolute Gasteiger partial charge is 0.255 e. The molecule has 28 heavy (non-hydrogen) atoms. The summed E-state index contributed by atoms with van der Waals surface area (Å²) in [5, 5.41) is 3.08. The quantitative estimate of drug-likeness (QED) is 0.772. The molecule has 0 unspecified atom stereocenters. The van der Waals surface area contributed by atoms with Crippen molar-refractivity contribution in [1.29, 1.82) is 0 Å². The van der Waals surface area contributed by atoms with Gasteiger partial charge in [-0.15, -0.1) is 23.5 Å². The number of morpholine rings is 1. The number of hydrogen-bond donors (Lipinski definition) is 1. The van der Waals surface area contributed by atoms with Crippen LogP contribution in [0.1, 0.15) is 32.5 Å². The van der Waals surface area contributed by atoms with Crippen LogP contribution >= 0.6 is 23.5 Å². The lowest BCUT2D eigenvalue weighted by Crippen LogP contribution is -2.35. The number of anilines is 1. The number of carbonyl (C=O) groups is 1. The van der Waals surface area contributed by atoms with Crippen molar-refractivity contribution in [3.63, 3.8) is 0 Å². The van der Waals surface area contributed by atoms with Crippen LogP contribution in [0.3, 0.4) is 0 Å². The minimum atomic E-state index is -0.0510. The molecule has 2 aromatic rings. The van der Waals surface area contributed by atoms with E-state index in [1.54, 1.807) is 0 Å². The number of carbonyl (C=O) groups excluding carboxylic acids is 1. The van der Waals surface area contributed by atoms with Crippen LogP contribution in [0.4, 0.5) is 5.69 Å². The third-order valence-electron chi connectivity index (χ3n) is 4.94. The van der Waals surface area contributed by atoms with Crippen molar-refractivity contribution in [3.05, 3.63) is 65.2 Å². The highest BCUT2D eigenvalue weighted by atomic mass is 32.2. The number of nitrogens with zero attached hydrogens (tertiary/aromatic N) is 1. The molecule has 2 fully saturated rings. The number of hydrogen-bond acceptors (Lipinski definition) is 5. The van der Waals surface area contributed by atoms with Crippen molar-refractivity contribution in [2.45, 2.75) is 17.5 Å². The normalized spacial score (nSPS) is 18.7. The van der Waals surface area contributed by atoms with Crippen LogP contribution in [-0.4, -0.2) is 48.6 Å². The Hall–Kier alpha value is -1.47. The summed E-state index contributed by atoms with van der Waals surface area (Å²) in [4.78, 5) is 15.2. The van der Waals surface area contributed by atoms with Gasteiger partial charge < -0.3 is 10.1 Å². The highest BCUT2D eigenvalue weighted by molar-refractivity contribution is 8.16. The van der Waals surface area contributed by atoms with Crippen molar-refractivity contribution in [1.82, 2.24) is 4.90 Å². The number of thioether (sulfide) groups is 2. The largest absolute Gasteiger partial charge is 0.379 e. The summed E-state index contributed by atoms with van der Waals surface area (Å²) >= 11 is 3.99. The SMILES string of the molecule is O=C(Nc1cccc(C2SCCCS2)c1)c1cccc(CN2CCOCC2)c1. The maximum Gasteiger partial charge on any atom is 0.255 e. The summed E-state index contributed by atoms with van der Waals surface area (Å²) < 4.78 is 5.88. The minimum absolute atomic E-state index is 0.0510. The fourth-order valence-electron chi connectivity index (χ4n) is 3.47. The minimum Gasteiger partial charge on any atom is -0.379 e. The fraction of sp³-hybridized carbons (Fsp3) is 0.409. The van der Waals surface area contributed by atoms with E-state index in [9.17, 15) is 4.79 Å². The number of benzene rings is 2. The van der Waals surface area contributed by atoms with E-state index in [0.29, 0.717) is 10.1 Å². The van der Waals surface area contributed by atoms with Gasteiger partial charge in [-0.2, -0.15) is 0 Å².